The third kappa shape index (κ3) is 4.31. The summed E-state index contributed by atoms with van der Waals surface area (Å²) in [5.41, 5.74) is 2.87. The lowest BCUT2D eigenvalue weighted by Crippen LogP contribution is -2.27. The number of rotatable bonds is 4. The molecule has 0 unspecified atom stereocenters. The van der Waals surface area contributed by atoms with Crippen LogP contribution in [0.4, 0.5) is 5.69 Å². The van der Waals surface area contributed by atoms with Crippen LogP contribution in [0.3, 0.4) is 0 Å². The summed E-state index contributed by atoms with van der Waals surface area (Å²) in [6.07, 6.45) is 0. The van der Waals surface area contributed by atoms with Crippen molar-refractivity contribution >= 4 is 34.6 Å². The van der Waals surface area contributed by atoms with Crippen molar-refractivity contribution in [3.05, 3.63) is 65.0 Å². The highest BCUT2D eigenvalue weighted by Gasteiger charge is 2.09. The molecule has 0 saturated carbocycles. The Morgan fingerprint density at radius 2 is 2.04 bits per heavy atom. The summed E-state index contributed by atoms with van der Waals surface area (Å²) in [7, 11) is 0. The Labute approximate surface area is 150 Å². The SMILES string of the molecule is Cc1cccc(-c2noc(CNC(=S)Nc3cccc(Cl)c3)n2)c1. The lowest BCUT2D eigenvalue weighted by molar-refractivity contribution is 0.376. The fourth-order valence-corrected chi connectivity index (χ4v) is 2.51. The number of aryl methyl sites for hydroxylation is 1. The fourth-order valence-electron chi connectivity index (χ4n) is 2.13. The molecular formula is C17H15ClN4OS. The summed E-state index contributed by atoms with van der Waals surface area (Å²) in [4.78, 5) is 4.37. The minimum absolute atomic E-state index is 0.339. The summed E-state index contributed by atoms with van der Waals surface area (Å²) in [6.45, 7) is 2.36. The third-order valence-corrected chi connectivity index (χ3v) is 3.71. The summed E-state index contributed by atoms with van der Waals surface area (Å²) >= 11 is 11.2. The normalized spacial score (nSPS) is 10.4. The molecule has 0 aliphatic heterocycles. The Kier molecular flexibility index (Phi) is 5.08. The molecule has 0 atom stereocenters. The molecule has 2 N–H and O–H groups in total. The van der Waals surface area contributed by atoms with Crippen molar-refractivity contribution in [3.63, 3.8) is 0 Å². The van der Waals surface area contributed by atoms with Crippen LogP contribution in [-0.2, 0) is 6.54 Å². The first-order chi connectivity index (χ1) is 11.6. The van der Waals surface area contributed by atoms with Crippen LogP contribution in [0, 0.1) is 6.92 Å². The molecule has 0 amide bonds. The molecule has 3 aromatic rings. The summed E-state index contributed by atoms with van der Waals surface area (Å²) in [5, 5.41) is 11.2. The molecule has 0 aliphatic carbocycles. The molecule has 122 valence electrons. The number of benzene rings is 2. The van der Waals surface area contributed by atoms with E-state index >= 15 is 0 Å². The molecule has 0 spiro atoms. The smallest absolute Gasteiger partial charge is 0.246 e. The highest BCUT2D eigenvalue weighted by atomic mass is 35.5. The van der Waals surface area contributed by atoms with Crippen molar-refractivity contribution < 1.29 is 4.52 Å². The Balaban J connectivity index is 1.58. The van der Waals surface area contributed by atoms with Crippen molar-refractivity contribution in [3.8, 4) is 11.4 Å². The van der Waals surface area contributed by atoms with E-state index in [0.717, 1.165) is 16.8 Å². The van der Waals surface area contributed by atoms with E-state index in [1.165, 1.54) is 0 Å². The average molecular weight is 359 g/mol. The van der Waals surface area contributed by atoms with Crippen LogP contribution in [0.5, 0.6) is 0 Å². The maximum Gasteiger partial charge on any atom is 0.246 e. The van der Waals surface area contributed by atoms with Gasteiger partial charge in [-0.2, -0.15) is 4.98 Å². The topological polar surface area (TPSA) is 63.0 Å². The second kappa shape index (κ2) is 7.42. The number of nitrogens with one attached hydrogen (secondary N) is 2. The van der Waals surface area contributed by atoms with E-state index in [1.54, 1.807) is 12.1 Å². The second-order valence-electron chi connectivity index (χ2n) is 5.20. The number of anilines is 1. The molecule has 24 heavy (non-hydrogen) atoms. The molecule has 0 radical (unpaired) electrons. The number of thiocarbonyl (C=S) groups is 1. The van der Waals surface area contributed by atoms with Crippen LogP contribution >= 0.6 is 23.8 Å². The van der Waals surface area contributed by atoms with Gasteiger partial charge in [0.1, 0.15) is 0 Å². The number of aromatic nitrogens is 2. The van der Waals surface area contributed by atoms with Crippen LogP contribution in [0.1, 0.15) is 11.5 Å². The molecule has 5 nitrogen and oxygen atoms in total. The van der Waals surface area contributed by atoms with Crippen LogP contribution in [0.15, 0.2) is 53.1 Å². The molecule has 0 bridgehead atoms. The maximum absolute atomic E-state index is 5.94. The number of hydrogen-bond donors (Lipinski definition) is 2. The molecule has 0 aliphatic rings. The number of halogens is 1. The van der Waals surface area contributed by atoms with E-state index in [2.05, 4.69) is 20.8 Å². The first-order valence-electron chi connectivity index (χ1n) is 7.30. The van der Waals surface area contributed by atoms with Gasteiger partial charge in [0, 0.05) is 16.3 Å². The summed E-state index contributed by atoms with van der Waals surface area (Å²) < 4.78 is 5.25. The Hall–Kier alpha value is -2.44. The Bertz CT molecular complexity index is 865. The largest absolute Gasteiger partial charge is 0.353 e. The highest BCUT2D eigenvalue weighted by molar-refractivity contribution is 7.80. The molecule has 1 aromatic heterocycles. The second-order valence-corrected chi connectivity index (χ2v) is 6.04. The van der Waals surface area contributed by atoms with E-state index < -0.39 is 0 Å². The van der Waals surface area contributed by atoms with E-state index in [1.807, 2.05) is 43.3 Å². The minimum Gasteiger partial charge on any atom is -0.353 e. The Morgan fingerprint density at radius 3 is 2.83 bits per heavy atom. The molecule has 7 heteroatoms. The lowest BCUT2D eigenvalue weighted by Gasteiger charge is -2.08. The summed E-state index contributed by atoms with van der Waals surface area (Å²) in [6, 6.07) is 15.2. The van der Waals surface area contributed by atoms with Crippen molar-refractivity contribution in [1.82, 2.24) is 15.5 Å². The van der Waals surface area contributed by atoms with E-state index in [-0.39, 0.29) is 0 Å². The van der Waals surface area contributed by atoms with Crippen LogP contribution in [0.25, 0.3) is 11.4 Å². The van der Waals surface area contributed by atoms with Crippen molar-refractivity contribution in [2.75, 3.05) is 5.32 Å². The fraction of sp³-hybridized carbons (Fsp3) is 0.118. The number of nitrogens with zero attached hydrogens (tertiary/aromatic N) is 2. The quantitative estimate of drug-likeness (QED) is 0.682. The van der Waals surface area contributed by atoms with Crippen molar-refractivity contribution in [1.29, 1.82) is 0 Å². The lowest BCUT2D eigenvalue weighted by atomic mass is 10.1. The summed E-state index contributed by atoms with van der Waals surface area (Å²) in [5.74, 6) is 1.02. The van der Waals surface area contributed by atoms with Gasteiger partial charge in [0.25, 0.3) is 0 Å². The monoisotopic (exact) mass is 358 g/mol. The molecule has 1 heterocycles. The van der Waals surface area contributed by atoms with Gasteiger partial charge < -0.3 is 15.2 Å². The zero-order chi connectivity index (χ0) is 16.9. The van der Waals surface area contributed by atoms with Gasteiger partial charge in [-0.1, -0.05) is 46.6 Å². The maximum atomic E-state index is 5.94. The number of hydrogen-bond acceptors (Lipinski definition) is 4. The Morgan fingerprint density at radius 1 is 1.21 bits per heavy atom. The van der Waals surface area contributed by atoms with Gasteiger partial charge in [-0.15, -0.1) is 0 Å². The standard InChI is InChI=1S/C17H15ClN4OS/c1-11-4-2-5-12(8-11)16-21-15(23-22-16)10-19-17(24)20-14-7-3-6-13(18)9-14/h2-9H,10H2,1H3,(H2,19,20,24). The third-order valence-electron chi connectivity index (χ3n) is 3.23. The molecule has 0 saturated heterocycles. The van der Waals surface area contributed by atoms with E-state index in [9.17, 15) is 0 Å². The van der Waals surface area contributed by atoms with Gasteiger partial charge >= 0.3 is 0 Å². The predicted molar refractivity (Wildman–Crippen MR) is 99.0 cm³/mol. The zero-order valence-electron chi connectivity index (χ0n) is 12.9. The van der Waals surface area contributed by atoms with Gasteiger partial charge in [0.15, 0.2) is 5.11 Å². The van der Waals surface area contributed by atoms with Crippen LogP contribution in [0.2, 0.25) is 5.02 Å². The first kappa shape index (κ1) is 16.4. The van der Waals surface area contributed by atoms with Gasteiger partial charge in [-0.25, -0.2) is 0 Å². The molecule has 3 rings (SSSR count). The highest BCUT2D eigenvalue weighted by Crippen LogP contribution is 2.17. The van der Waals surface area contributed by atoms with Gasteiger partial charge in [-0.05, 0) is 43.4 Å². The van der Waals surface area contributed by atoms with Gasteiger partial charge in [0.2, 0.25) is 11.7 Å². The predicted octanol–water partition coefficient (Wildman–Crippen LogP) is 4.19. The minimum atomic E-state index is 0.339. The van der Waals surface area contributed by atoms with Crippen molar-refractivity contribution in [2.24, 2.45) is 0 Å². The van der Waals surface area contributed by atoms with Gasteiger partial charge in [0.05, 0.1) is 6.54 Å². The molecule has 2 aromatic carbocycles. The van der Waals surface area contributed by atoms with E-state index in [4.69, 9.17) is 28.3 Å². The van der Waals surface area contributed by atoms with Gasteiger partial charge in [-0.3, -0.25) is 0 Å². The zero-order valence-corrected chi connectivity index (χ0v) is 14.5. The molecule has 0 fully saturated rings. The van der Waals surface area contributed by atoms with Crippen LogP contribution < -0.4 is 10.6 Å². The van der Waals surface area contributed by atoms with Crippen LogP contribution in [-0.4, -0.2) is 15.3 Å². The first-order valence-corrected chi connectivity index (χ1v) is 8.09. The average Bonchev–Trinajstić information content (AvgIpc) is 3.02. The molecular weight excluding hydrogens is 344 g/mol. The van der Waals surface area contributed by atoms with E-state index in [0.29, 0.717) is 28.4 Å². The van der Waals surface area contributed by atoms with Crippen molar-refractivity contribution in [2.45, 2.75) is 13.5 Å².